The Morgan fingerprint density at radius 2 is 2.37 bits per heavy atom. The summed E-state index contributed by atoms with van der Waals surface area (Å²) in [6, 6.07) is 4.16. The first-order chi connectivity index (χ1) is 9.35. The number of aromatic nitrogens is 4. The molecular weight excluding hydrogens is 242 g/mol. The van der Waals surface area contributed by atoms with Crippen molar-refractivity contribution in [3.8, 4) is 6.01 Å². The summed E-state index contributed by atoms with van der Waals surface area (Å²) < 4.78 is 4.98. The molecule has 0 spiro atoms. The van der Waals surface area contributed by atoms with E-state index in [1.165, 1.54) is 18.5 Å². The Morgan fingerprint density at radius 1 is 1.42 bits per heavy atom. The molecule has 2 aromatic rings. The maximum atomic E-state index is 4.98. The predicted octanol–water partition coefficient (Wildman–Crippen LogP) is 2.42. The van der Waals surface area contributed by atoms with Crippen molar-refractivity contribution in [2.75, 3.05) is 12.4 Å². The second-order valence-corrected chi connectivity index (χ2v) is 4.56. The van der Waals surface area contributed by atoms with Crippen LogP contribution in [0.5, 0.6) is 6.01 Å². The van der Waals surface area contributed by atoms with E-state index in [0.29, 0.717) is 17.7 Å². The number of hydrogen-bond acceptors (Lipinski definition) is 5. The average Bonchev–Trinajstić information content (AvgIpc) is 3.09. The van der Waals surface area contributed by atoms with Crippen molar-refractivity contribution in [1.29, 1.82) is 0 Å². The van der Waals surface area contributed by atoms with Crippen molar-refractivity contribution in [2.45, 2.75) is 25.2 Å². The molecule has 0 aliphatic heterocycles. The summed E-state index contributed by atoms with van der Waals surface area (Å²) in [4.78, 5) is 8.15. The minimum Gasteiger partial charge on any atom is -0.467 e. The number of aromatic amines is 1. The lowest BCUT2D eigenvalue weighted by molar-refractivity contribution is 0.380. The highest BCUT2D eigenvalue weighted by Crippen LogP contribution is 2.33. The molecule has 0 saturated heterocycles. The maximum absolute atomic E-state index is 4.98. The normalized spacial score (nSPS) is 15.6. The molecule has 1 radical (unpaired) electrons. The standard InChI is InChI=1S/C13H16N5O/c1-19-13-14-7-6-11(16-13)15-12-8-10(17-18-12)9-4-2-3-5-9/h2,6-9H,3-5H2,1H3,(H2,14,15,16,17,18)/t9-/m1/s1. The van der Waals surface area contributed by atoms with Gasteiger partial charge in [-0.15, -0.1) is 0 Å². The van der Waals surface area contributed by atoms with Crippen molar-refractivity contribution in [3.05, 3.63) is 30.4 Å². The molecule has 2 heterocycles. The maximum Gasteiger partial charge on any atom is 0.318 e. The van der Waals surface area contributed by atoms with Gasteiger partial charge in [0.1, 0.15) is 5.82 Å². The first-order valence-corrected chi connectivity index (χ1v) is 6.36. The van der Waals surface area contributed by atoms with Gasteiger partial charge in [-0.05, 0) is 31.7 Å². The van der Waals surface area contributed by atoms with Gasteiger partial charge in [0.05, 0.1) is 7.11 Å². The van der Waals surface area contributed by atoms with Gasteiger partial charge in [0.2, 0.25) is 0 Å². The summed E-state index contributed by atoms with van der Waals surface area (Å²) in [6.07, 6.45) is 7.49. The van der Waals surface area contributed by atoms with Gasteiger partial charge < -0.3 is 10.1 Å². The lowest BCUT2D eigenvalue weighted by atomic mass is 10.0. The quantitative estimate of drug-likeness (QED) is 0.880. The summed E-state index contributed by atoms with van der Waals surface area (Å²) in [6.45, 7) is 0. The number of rotatable bonds is 4. The smallest absolute Gasteiger partial charge is 0.318 e. The van der Waals surface area contributed by atoms with E-state index in [1.54, 1.807) is 19.4 Å². The Balaban J connectivity index is 1.72. The topological polar surface area (TPSA) is 75.7 Å². The Labute approximate surface area is 111 Å². The molecule has 1 saturated carbocycles. The van der Waals surface area contributed by atoms with Crippen LogP contribution in [0.3, 0.4) is 0 Å². The molecule has 0 unspecified atom stereocenters. The van der Waals surface area contributed by atoms with Gasteiger partial charge in [-0.1, -0.05) is 0 Å². The number of nitrogens with one attached hydrogen (secondary N) is 2. The number of hydrogen-bond donors (Lipinski definition) is 2. The molecule has 1 atom stereocenters. The van der Waals surface area contributed by atoms with Gasteiger partial charge in [-0.2, -0.15) is 10.1 Å². The minimum absolute atomic E-state index is 0.339. The third-order valence-electron chi connectivity index (χ3n) is 3.28. The average molecular weight is 258 g/mol. The Hall–Kier alpha value is -2.11. The van der Waals surface area contributed by atoms with Crippen LogP contribution in [0.2, 0.25) is 0 Å². The summed E-state index contributed by atoms with van der Waals surface area (Å²) in [7, 11) is 1.54. The first kappa shape index (κ1) is 12.0. The highest BCUT2D eigenvalue weighted by molar-refractivity contribution is 5.51. The van der Waals surface area contributed by atoms with Gasteiger partial charge in [-0.25, -0.2) is 4.98 Å². The zero-order valence-corrected chi connectivity index (χ0v) is 10.8. The van der Waals surface area contributed by atoms with Crippen LogP contribution in [-0.4, -0.2) is 27.3 Å². The highest BCUT2D eigenvalue weighted by Gasteiger charge is 2.19. The molecule has 2 aromatic heterocycles. The molecule has 0 bridgehead atoms. The Kier molecular flexibility index (Phi) is 3.31. The third-order valence-corrected chi connectivity index (χ3v) is 3.28. The fourth-order valence-corrected chi connectivity index (χ4v) is 2.29. The molecule has 3 rings (SSSR count). The van der Waals surface area contributed by atoms with E-state index < -0.39 is 0 Å². The molecule has 6 nitrogen and oxygen atoms in total. The fourth-order valence-electron chi connectivity index (χ4n) is 2.29. The van der Waals surface area contributed by atoms with E-state index in [9.17, 15) is 0 Å². The zero-order valence-electron chi connectivity index (χ0n) is 10.8. The molecular formula is C13H16N5O. The van der Waals surface area contributed by atoms with Crippen LogP contribution in [0.25, 0.3) is 0 Å². The van der Waals surface area contributed by atoms with E-state index in [2.05, 4.69) is 31.9 Å². The second-order valence-electron chi connectivity index (χ2n) is 4.56. The SMILES string of the molecule is COc1nccc(Nc2cc([C@@H]3C[CH]CC3)[nH]n2)n1. The summed E-state index contributed by atoms with van der Waals surface area (Å²) in [5.74, 6) is 2.01. The number of nitrogens with zero attached hydrogens (tertiary/aromatic N) is 3. The highest BCUT2D eigenvalue weighted by atomic mass is 16.5. The molecule has 1 fully saturated rings. The van der Waals surface area contributed by atoms with E-state index in [0.717, 1.165) is 12.2 Å². The lowest BCUT2D eigenvalue weighted by Crippen LogP contribution is -1.97. The largest absolute Gasteiger partial charge is 0.467 e. The monoisotopic (exact) mass is 258 g/mol. The summed E-state index contributed by atoms with van der Waals surface area (Å²) >= 11 is 0. The third kappa shape index (κ3) is 2.67. The zero-order chi connectivity index (χ0) is 13.1. The van der Waals surface area contributed by atoms with Crippen LogP contribution in [0.4, 0.5) is 11.6 Å². The predicted molar refractivity (Wildman–Crippen MR) is 71.3 cm³/mol. The molecule has 1 aliphatic carbocycles. The lowest BCUT2D eigenvalue weighted by Gasteiger charge is -2.04. The molecule has 0 amide bonds. The van der Waals surface area contributed by atoms with Crippen molar-refractivity contribution < 1.29 is 4.74 Å². The second kappa shape index (κ2) is 5.26. The van der Waals surface area contributed by atoms with Crippen LogP contribution in [-0.2, 0) is 0 Å². The van der Waals surface area contributed by atoms with Crippen LogP contribution >= 0.6 is 0 Å². The Morgan fingerprint density at radius 3 is 3.16 bits per heavy atom. The molecule has 1 aliphatic rings. The van der Waals surface area contributed by atoms with Crippen molar-refractivity contribution >= 4 is 11.6 Å². The van der Waals surface area contributed by atoms with E-state index in [4.69, 9.17) is 4.74 Å². The first-order valence-electron chi connectivity index (χ1n) is 6.36. The molecule has 0 aromatic carbocycles. The van der Waals surface area contributed by atoms with E-state index >= 15 is 0 Å². The van der Waals surface area contributed by atoms with Gasteiger partial charge in [0.15, 0.2) is 5.82 Å². The van der Waals surface area contributed by atoms with E-state index in [-0.39, 0.29) is 0 Å². The van der Waals surface area contributed by atoms with Gasteiger partial charge in [-0.3, -0.25) is 5.10 Å². The summed E-state index contributed by atoms with van der Waals surface area (Å²) in [5.41, 5.74) is 1.18. The number of H-pyrrole nitrogens is 1. The van der Waals surface area contributed by atoms with E-state index in [1.807, 2.05) is 6.07 Å². The fraction of sp³-hybridized carbons (Fsp3) is 0.385. The molecule has 2 N–H and O–H groups in total. The Bertz CT molecular complexity index is 547. The molecule has 6 heteroatoms. The number of methoxy groups -OCH3 is 1. The number of anilines is 2. The van der Waals surface area contributed by atoms with Gasteiger partial charge in [0, 0.05) is 23.9 Å². The van der Waals surface area contributed by atoms with Crippen LogP contribution in [0, 0.1) is 6.42 Å². The number of ether oxygens (including phenoxy) is 1. The molecule has 19 heavy (non-hydrogen) atoms. The molecule has 99 valence electrons. The van der Waals surface area contributed by atoms with Gasteiger partial charge in [0.25, 0.3) is 0 Å². The van der Waals surface area contributed by atoms with Crippen molar-refractivity contribution in [2.24, 2.45) is 0 Å². The van der Waals surface area contributed by atoms with Crippen LogP contribution < -0.4 is 10.1 Å². The van der Waals surface area contributed by atoms with Crippen LogP contribution in [0.1, 0.15) is 30.9 Å². The summed E-state index contributed by atoms with van der Waals surface area (Å²) in [5, 5.41) is 10.5. The van der Waals surface area contributed by atoms with Gasteiger partial charge >= 0.3 is 6.01 Å². The van der Waals surface area contributed by atoms with Crippen molar-refractivity contribution in [1.82, 2.24) is 20.2 Å². The minimum atomic E-state index is 0.339. The van der Waals surface area contributed by atoms with Crippen LogP contribution in [0.15, 0.2) is 18.3 Å². The van der Waals surface area contributed by atoms with Crippen molar-refractivity contribution in [3.63, 3.8) is 0 Å².